The molecule has 0 spiro atoms. The lowest BCUT2D eigenvalue weighted by atomic mass is 10.0. The molecule has 0 saturated heterocycles. The summed E-state index contributed by atoms with van der Waals surface area (Å²) >= 11 is 0. The SMILES string of the molecule is Cc1ccc([C@@H](C)NCc2ccc(-c3cc(C(=O)N[C@@H](CO)Cc4ccc(C#N)cc4)ccc3C#N)o2)cc1. The number of hydrogen-bond donors (Lipinski definition) is 3. The molecule has 3 N–H and O–H groups in total. The summed E-state index contributed by atoms with van der Waals surface area (Å²) in [5.74, 6) is 0.844. The Kier molecular flexibility index (Phi) is 8.91. The molecule has 0 saturated carbocycles. The average molecular weight is 519 g/mol. The van der Waals surface area contributed by atoms with E-state index >= 15 is 0 Å². The molecular formula is C32H30N4O3. The molecule has 0 fully saturated rings. The third-order valence-electron chi connectivity index (χ3n) is 6.61. The van der Waals surface area contributed by atoms with Gasteiger partial charge in [-0.1, -0.05) is 42.0 Å². The highest BCUT2D eigenvalue weighted by Crippen LogP contribution is 2.27. The van der Waals surface area contributed by atoms with Crippen LogP contribution in [0.1, 0.15) is 56.9 Å². The lowest BCUT2D eigenvalue weighted by molar-refractivity contribution is 0.0916. The van der Waals surface area contributed by atoms with Crippen LogP contribution in [-0.2, 0) is 13.0 Å². The maximum Gasteiger partial charge on any atom is 0.251 e. The van der Waals surface area contributed by atoms with Crippen LogP contribution in [0.4, 0.5) is 0 Å². The third kappa shape index (κ3) is 7.00. The predicted molar refractivity (Wildman–Crippen MR) is 148 cm³/mol. The fourth-order valence-electron chi connectivity index (χ4n) is 4.26. The fourth-order valence-corrected chi connectivity index (χ4v) is 4.26. The minimum absolute atomic E-state index is 0.129. The zero-order valence-electron chi connectivity index (χ0n) is 21.9. The number of nitrogens with one attached hydrogen (secondary N) is 2. The number of rotatable bonds is 10. The van der Waals surface area contributed by atoms with E-state index in [4.69, 9.17) is 9.68 Å². The van der Waals surface area contributed by atoms with Crippen LogP contribution in [-0.4, -0.2) is 23.7 Å². The van der Waals surface area contributed by atoms with Gasteiger partial charge in [-0.2, -0.15) is 10.5 Å². The zero-order valence-corrected chi connectivity index (χ0v) is 21.9. The van der Waals surface area contributed by atoms with Gasteiger partial charge in [-0.15, -0.1) is 0 Å². The van der Waals surface area contributed by atoms with E-state index in [1.54, 1.807) is 48.5 Å². The summed E-state index contributed by atoms with van der Waals surface area (Å²) in [7, 11) is 0. The van der Waals surface area contributed by atoms with Crippen molar-refractivity contribution in [3.63, 3.8) is 0 Å². The van der Waals surface area contributed by atoms with Crippen molar-refractivity contribution in [3.05, 3.63) is 118 Å². The fraction of sp³-hybridized carbons (Fsp3) is 0.219. The van der Waals surface area contributed by atoms with Crippen molar-refractivity contribution >= 4 is 5.91 Å². The Morgan fingerprint density at radius 1 is 0.974 bits per heavy atom. The van der Waals surface area contributed by atoms with Crippen molar-refractivity contribution in [2.45, 2.75) is 38.9 Å². The van der Waals surface area contributed by atoms with Crippen molar-refractivity contribution in [1.82, 2.24) is 10.6 Å². The third-order valence-corrected chi connectivity index (χ3v) is 6.61. The molecule has 1 heterocycles. The monoisotopic (exact) mass is 518 g/mol. The van der Waals surface area contributed by atoms with Gasteiger partial charge in [0.05, 0.1) is 42.5 Å². The van der Waals surface area contributed by atoms with Crippen LogP contribution in [0.15, 0.2) is 83.3 Å². The second-order valence-electron chi connectivity index (χ2n) is 9.52. The van der Waals surface area contributed by atoms with Crippen LogP contribution in [0.5, 0.6) is 0 Å². The van der Waals surface area contributed by atoms with Gasteiger partial charge >= 0.3 is 0 Å². The van der Waals surface area contributed by atoms with E-state index in [9.17, 15) is 15.2 Å². The predicted octanol–water partition coefficient (Wildman–Crippen LogP) is 5.18. The van der Waals surface area contributed by atoms with E-state index in [-0.39, 0.29) is 18.6 Å². The average Bonchev–Trinajstić information content (AvgIpc) is 3.44. The van der Waals surface area contributed by atoms with E-state index in [1.165, 1.54) is 11.1 Å². The molecule has 0 aliphatic carbocycles. The largest absolute Gasteiger partial charge is 0.460 e. The van der Waals surface area contributed by atoms with E-state index in [1.807, 2.05) is 6.07 Å². The van der Waals surface area contributed by atoms with Crippen molar-refractivity contribution in [2.24, 2.45) is 0 Å². The molecule has 3 aromatic carbocycles. The zero-order chi connectivity index (χ0) is 27.8. The van der Waals surface area contributed by atoms with Crippen LogP contribution in [0.2, 0.25) is 0 Å². The van der Waals surface area contributed by atoms with E-state index < -0.39 is 6.04 Å². The molecule has 7 nitrogen and oxygen atoms in total. The smallest absolute Gasteiger partial charge is 0.251 e. The number of benzene rings is 3. The van der Waals surface area contributed by atoms with Crippen molar-refractivity contribution in [1.29, 1.82) is 10.5 Å². The van der Waals surface area contributed by atoms with Crippen LogP contribution in [0.25, 0.3) is 11.3 Å². The maximum atomic E-state index is 13.0. The van der Waals surface area contributed by atoms with Gasteiger partial charge in [-0.25, -0.2) is 0 Å². The van der Waals surface area contributed by atoms with E-state index in [0.717, 1.165) is 5.56 Å². The lowest BCUT2D eigenvalue weighted by Crippen LogP contribution is -2.39. The highest BCUT2D eigenvalue weighted by Gasteiger charge is 2.18. The Bertz CT molecular complexity index is 1510. The second-order valence-corrected chi connectivity index (χ2v) is 9.52. The van der Waals surface area contributed by atoms with Gasteiger partial charge in [-0.05, 0) is 73.9 Å². The summed E-state index contributed by atoms with van der Waals surface area (Å²) in [6.45, 7) is 4.41. The van der Waals surface area contributed by atoms with Gasteiger partial charge in [0, 0.05) is 17.2 Å². The van der Waals surface area contributed by atoms with Gasteiger partial charge in [0.2, 0.25) is 0 Å². The molecular weight excluding hydrogens is 488 g/mol. The Labute approximate surface area is 228 Å². The van der Waals surface area contributed by atoms with Crippen LogP contribution in [0.3, 0.4) is 0 Å². The number of hydrogen-bond acceptors (Lipinski definition) is 6. The highest BCUT2D eigenvalue weighted by molar-refractivity contribution is 5.96. The molecule has 4 aromatic rings. The Morgan fingerprint density at radius 2 is 1.72 bits per heavy atom. The van der Waals surface area contributed by atoms with Gasteiger partial charge in [0.1, 0.15) is 11.5 Å². The molecule has 196 valence electrons. The first kappa shape index (κ1) is 27.3. The van der Waals surface area contributed by atoms with Gasteiger partial charge < -0.3 is 20.2 Å². The standard InChI is InChI=1S/C32H30N4O3/c1-21-3-9-25(10-4-21)22(2)35-19-29-13-14-31(39-29)30-16-26(11-12-27(30)18-34)32(38)36-28(20-37)15-23-5-7-24(17-33)8-6-23/h3-14,16,22,28,35,37H,15,19-20H2,1-2H3,(H,36,38)/t22-,28-/m1/s1. The molecule has 2 atom stereocenters. The van der Waals surface area contributed by atoms with Crippen LogP contribution >= 0.6 is 0 Å². The lowest BCUT2D eigenvalue weighted by Gasteiger charge is -2.17. The molecule has 7 heteroatoms. The van der Waals surface area contributed by atoms with E-state index in [2.05, 4.69) is 60.9 Å². The molecule has 0 radical (unpaired) electrons. The molecule has 1 aromatic heterocycles. The molecule has 0 bridgehead atoms. The Balaban J connectivity index is 1.44. The van der Waals surface area contributed by atoms with Gasteiger partial charge in [0.15, 0.2) is 0 Å². The number of aliphatic hydroxyl groups is 1. The Morgan fingerprint density at radius 3 is 2.38 bits per heavy atom. The minimum Gasteiger partial charge on any atom is -0.460 e. The quantitative estimate of drug-likeness (QED) is 0.266. The van der Waals surface area contributed by atoms with Crippen molar-refractivity contribution in [3.8, 4) is 23.5 Å². The first-order chi connectivity index (χ1) is 18.9. The molecule has 0 aliphatic rings. The first-order valence-corrected chi connectivity index (χ1v) is 12.7. The highest BCUT2D eigenvalue weighted by atomic mass is 16.3. The summed E-state index contributed by atoms with van der Waals surface area (Å²) in [5.41, 5.74) is 5.10. The number of nitrogens with zero attached hydrogens (tertiary/aromatic N) is 2. The number of carbonyl (C=O) groups is 1. The number of amides is 1. The molecule has 39 heavy (non-hydrogen) atoms. The summed E-state index contributed by atoms with van der Waals surface area (Å²) < 4.78 is 6.04. The number of nitriles is 2. The van der Waals surface area contributed by atoms with Crippen LogP contribution < -0.4 is 10.6 Å². The number of carbonyl (C=O) groups excluding carboxylic acids is 1. The van der Waals surface area contributed by atoms with Gasteiger partial charge in [0.25, 0.3) is 5.91 Å². The van der Waals surface area contributed by atoms with Crippen molar-refractivity contribution in [2.75, 3.05) is 6.61 Å². The number of furan rings is 1. The summed E-state index contributed by atoms with van der Waals surface area (Å²) in [6, 6.07) is 27.7. The molecule has 0 unspecified atom stereocenters. The summed E-state index contributed by atoms with van der Waals surface area (Å²) in [6.07, 6.45) is 0.409. The molecule has 4 rings (SSSR count). The van der Waals surface area contributed by atoms with Crippen LogP contribution in [0, 0.1) is 29.6 Å². The number of aryl methyl sites for hydroxylation is 1. The normalized spacial score (nSPS) is 12.2. The topological polar surface area (TPSA) is 122 Å². The minimum atomic E-state index is -0.513. The van der Waals surface area contributed by atoms with Crippen molar-refractivity contribution < 1.29 is 14.3 Å². The first-order valence-electron chi connectivity index (χ1n) is 12.7. The molecule has 0 aliphatic heterocycles. The Hall–Kier alpha value is -4.69. The second kappa shape index (κ2) is 12.7. The van der Waals surface area contributed by atoms with E-state index in [0.29, 0.717) is 46.7 Å². The van der Waals surface area contributed by atoms with Gasteiger partial charge in [-0.3, -0.25) is 4.79 Å². The maximum absolute atomic E-state index is 13.0. The molecule has 1 amide bonds. The summed E-state index contributed by atoms with van der Waals surface area (Å²) in [5, 5.41) is 34.8. The number of aliphatic hydroxyl groups excluding tert-OH is 1. The summed E-state index contributed by atoms with van der Waals surface area (Å²) in [4.78, 5) is 13.0.